The number of carbonyl (C=O) groups is 3. The molecule has 4 N–H and O–H groups in total. The molecule has 0 saturated carbocycles. The zero-order valence-electron chi connectivity index (χ0n) is 5.20. The van der Waals surface area contributed by atoms with Crippen molar-refractivity contribution in [2.24, 2.45) is 5.73 Å². The number of carboxylic acid groups (broad SMARTS) is 2. The zero-order chi connectivity index (χ0) is 8.73. The van der Waals surface area contributed by atoms with Gasteiger partial charge in [0.05, 0.1) is 0 Å². The Morgan fingerprint density at radius 3 is 1.30 bits per heavy atom. The average Bonchev–Trinajstić information content (AvgIpc) is 1.63. The predicted molar refractivity (Wildman–Crippen MR) is 30.1 cm³/mol. The van der Waals surface area contributed by atoms with Crippen molar-refractivity contribution in [1.82, 2.24) is 0 Å². The number of carbonyl (C=O) groups excluding carboxylic acids is 1. The van der Waals surface area contributed by atoms with E-state index in [2.05, 4.69) is 5.73 Å². The molecule has 0 fully saturated rings. The van der Waals surface area contributed by atoms with Crippen molar-refractivity contribution in [3.8, 4) is 0 Å². The van der Waals surface area contributed by atoms with Crippen molar-refractivity contribution >= 4 is 17.8 Å². The fraction of sp³-hybridized carbons (Fsp3) is 0.250. The molecule has 0 unspecified atom stereocenters. The van der Waals surface area contributed by atoms with Gasteiger partial charge in [-0.3, -0.25) is 9.59 Å². The maximum Gasteiger partial charge on any atom is 0.394 e. The summed E-state index contributed by atoms with van der Waals surface area (Å²) in [5.74, 6) is -3.76. The van der Waals surface area contributed by atoms with E-state index in [1.807, 2.05) is 0 Å². The first-order valence-electron chi connectivity index (χ1n) is 2.10. The second-order valence-electron chi connectivity index (χ2n) is 1.19. The Morgan fingerprint density at radius 2 is 1.30 bits per heavy atom. The van der Waals surface area contributed by atoms with Crippen LogP contribution in [0.3, 0.4) is 0 Å². The van der Waals surface area contributed by atoms with Crippen LogP contribution in [0.2, 0.25) is 0 Å². The molecule has 0 aromatic heterocycles. The van der Waals surface area contributed by atoms with Gasteiger partial charge in [-0.1, -0.05) is 0 Å². The van der Waals surface area contributed by atoms with Gasteiger partial charge in [-0.2, -0.15) is 0 Å². The maximum atomic E-state index is 9.32. The van der Waals surface area contributed by atoms with Crippen LogP contribution in [0.15, 0.2) is 0 Å². The molecule has 0 aromatic rings. The SMILES string of the molecule is CC(=O)O.NC(=O)C(=O)O. The molecule has 0 bridgehead atoms. The van der Waals surface area contributed by atoms with Gasteiger partial charge in [0.15, 0.2) is 0 Å². The molecule has 6 nitrogen and oxygen atoms in total. The van der Waals surface area contributed by atoms with Crippen molar-refractivity contribution in [2.75, 3.05) is 0 Å². The molecular weight excluding hydrogens is 142 g/mol. The maximum absolute atomic E-state index is 9.32. The fourth-order valence-corrected chi connectivity index (χ4v) is 0. The minimum Gasteiger partial charge on any atom is -0.481 e. The molecule has 0 aliphatic carbocycles. The Kier molecular flexibility index (Phi) is 6.23. The lowest BCUT2D eigenvalue weighted by atomic mass is 10.7. The summed E-state index contributed by atoms with van der Waals surface area (Å²) in [6, 6.07) is 0. The highest BCUT2D eigenvalue weighted by Crippen LogP contribution is 1.51. The van der Waals surface area contributed by atoms with E-state index in [9.17, 15) is 9.59 Å². The second kappa shape index (κ2) is 5.54. The molecule has 0 aliphatic rings. The highest BCUT2D eigenvalue weighted by atomic mass is 16.4. The van der Waals surface area contributed by atoms with Gasteiger partial charge in [0, 0.05) is 6.92 Å². The summed E-state index contributed by atoms with van der Waals surface area (Å²) in [5, 5.41) is 14.9. The number of nitrogens with two attached hydrogens (primary N) is 1. The van der Waals surface area contributed by atoms with Crippen molar-refractivity contribution < 1.29 is 24.6 Å². The van der Waals surface area contributed by atoms with E-state index < -0.39 is 17.8 Å². The van der Waals surface area contributed by atoms with E-state index in [0.29, 0.717) is 0 Å². The summed E-state index contributed by atoms with van der Waals surface area (Å²) in [6.45, 7) is 1.08. The summed E-state index contributed by atoms with van der Waals surface area (Å²) in [5.41, 5.74) is 4.20. The lowest BCUT2D eigenvalue weighted by Crippen LogP contribution is -2.21. The molecule has 0 rings (SSSR count). The lowest BCUT2D eigenvalue weighted by Gasteiger charge is -1.74. The summed E-state index contributed by atoms with van der Waals surface area (Å²) in [6.07, 6.45) is 0. The van der Waals surface area contributed by atoms with E-state index in [1.165, 1.54) is 0 Å². The third-order valence-electron chi connectivity index (χ3n) is 0.211. The van der Waals surface area contributed by atoms with Gasteiger partial charge in [0.1, 0.15) is 0 Å². The molecule has 58 valence electrons. The standard InChI is InChI=1S/C2H3NO3.C2H4O2/c3-1(4)2(5)6;1-2(3)4/h(H2,3,4)(H,5,6);1H3,(H,3,4). The molecule has 0 radical (unpaired) electrons. The Bertz CT molecular complexity index is 136. The average molecular weight is 149 g/mol. The van der Waals surface area contributed by atoms with Gasteiger partial charge >= 0.3 is 11.9 Å². The lowest BCUT2D eigenvalue weighted by molar-refractivity contribution is -0.148. The van der Waals surface area contributed by atoms with Crippen LogP contribution < -0.4 is 5.73 Å². The number of amides is 1. The number of carboxylic acids is 2. The van der Waals surface area contributed by atoms with Crippen LogP contribution in [-0.2, 0) is 14.4 Å². The molecule has 0 saturated heterocycles. The second-order valence-corrected chi connectivity index (χ2v) is 1.19. The quantitative estimate of drug-likeness (QED) is 0.368. The monoisotopic (exact) mass is 149 g/mol. The molecule has 0 aliphatic heterocycles. The summed E-state index contributed by atoms with van der Waals surface area (Å²) in [4.78, 5) is 27.5. The Labute approximate surface area is 56.3 Å². The third kappa shape index (κ3) is 32.3. The highest BCUT2D eigenvalue weighted by Gasteiger charge is 2.00. The minimum atomic E-state index is -1.60. The van der Waals surface area contributed by atoms with Crippen LogP contribution in [0, 0.1) is 0 Å². The van der Waals surface area contributed by atoms with Gasteiger partial charge in [-0.25, -0.2) is 4.79 Å². The van der Waals surface area contributed by atoms with Gasteiger partial charge in [-0.15, -0.1) is 0 Å². The van der Waals surface area contributed by atoms with Crippen LogP contribution in [0.4, 0.5) is 0 Å². The number of primary amides is 1. The van der Waals surface area contributed by atoms with E-state index in [4.69, 9.17) is 15.0 Å². The number of hydrogen-bond acceptors (Lipinski definition) is 3. The van der Waals surface area contributed by atoms with Crippen LogP contribution in [0.1, 0.15) is 6.92 Å². The first-order chi connectivity index (χ1) is 4.37. The van der Waals surface area contributed by atoms with E-state index >= 15 is 0 Å². The third-order valence-corrected chi connectivity index (χ3v) is 0.211. The topological polar surface area (TPSA) is 118 Å². The molecule has 0 aromatic carbocycles. The Hall–Kier alpha value is -1.59. The molecule has 1 amide bonds. The van der Waals surface area contributed by atoms with Gasteiger partial charge in [0.2, 0.25) is 0 Å². The van der Waals surface area contributed by atoms with E-state index in [-0.39, 0.29) is 0 Å². The van der Waals surface area contributed by atoms with Gasteiger partial charge in [0.25, 0.3) is 5.97 Å². The summed E-state index contributed by atoms with van der Waals surface area (Å²) < 4.78 is 0. The summed E-state index contributed by atoms with van der Waals surface area (Å²) in [7, 11) is 0. The van der Waals surface area contributed by atoms with E-state index in [1.54, 1.807) is 0 Å². The molecule has 0 spiro atoms. The Balaban J connectivity index is 0. The van der Waals surface area contributed by atoms with Crippen LogP contribution in [0.5, 0.6) is 0 Å². The molecular formula is C4H7NO5. The van der Waals surface area contributed by atoms with Crippen molar-refractivity contribution in [1.29, 1.82) is 0 Å². The normalized spacial score (nSPS) is 6.90. The van der Waals surface area contributed by atoms with Crippen molar-refractivity contribution in [3.05, 3.63) is 0 Å². The minimum absolute atomic E-state index is 0.833. The number of rotatable bonds is 0. The van der Waals surface area contributed by atoms with Crippen molar-refractivity contribution in [3.63, 3.8) is 0 Å². The van der Waals surface area contributed by atoms with Gasteiger partial charge in [-0.05, 0) is 0 Å². The highest BCUT2D eigenvalue weighted by molar-refractivity contribution is 6.30. The van der Waals surface area contributed by atoms with Crippen LogP contribution >= 0.6 is 0 Å². The smallest absolute Gasteiger partial charge is 0.394 e. The summed E-state index contributed by atoms with van der Waals surface area (Å²) >= 11 is 0. The fourth-order valence-electron chi connectivity index (χ4n) is 0. The van der Waals surface area contributed by atoms with Crippen LogP contribution in [0.25, 0.3) is 0 Å². The Morgan fingerprint density at radius 1 is 1.20 bits per heavy atom. The van der Waals surface area contributed by atoms with Gasteiger partial charge < -0.3 is 15.9 Å². The van der Waals surface area contributed by atoms with Crippen molar-refractivity contribution in [2.45, 2.75) is 6.92 Å². The predicted octanol–water partition coefficient (Wildman–Crippen LogP) is -1.35. The first kappa shape index (κ1) is 11.2. The molecule has 0 atom stereocenters. The zero-order valence-corrected chi connectivity index (χ0v) is 5.20. The largest absolute Gasteiger partial charge is 0.481 e. The number of hydrogen-bond donors (Lipinski definition) is 3. The van der Waals surface area contributed by atoms with E-state index in [0.717, 1.165) is 6.92 Å². The van der Waals surface area contributed by atoms with Crippen LogP contribution in [-0.4, -0.2) is 28.1 Å². The number of aliphatic carboxylic acids is 2. The first-order valence-corrected chi connectivity index (χ1v) is 2.10. The molecule has 6 heteroatoms. The molecule has 0 heterocycles. The molecule has 10 heavy (non-hydrogen) atoms.